The molecule has 17 nitrogen and oxygen atoms in total. The van der Waals surface area contributed by atoms with Crippen LogP contribution in [0.25, 0.3) is 10.8 Å². The van der Waals surface area contributed by atoms with Gasteiger partial charge < -0.3 is 54.9 Å². The predicted octanol–water partition coefficient (Wildman–Crippen LogP) is 4.97. The van der Waals surface area contributed by atoms with Crippen molar-refractivity contribution in [1.82, 2.24) is 9.91 Å². The highest BCUT2D eigenvalue weighted by molar-refractivity contribution is 6.23. The maximum atomic E-state index is 14.5. The lowest BCUT2D eigenvalue weighted by molar-refractivity contribution is -0.160. The number of hydrogen-bond acceptors (Lipinski definition) is 16. The molecule has 4 heterocycles. The zero-order chi connectivity index (χ0) is 47.0. The van der Waals surface area contributed by atoms with Gasteiger partial charge in [0.15, 0.2) is 5.75 Å². The number of esters is 1. The highest BCUT2D eigenvalue weighted by atomic mass is 16.7. The normalized spacial score (nSPS) is 32.6. The van der Waals surface area contributed by atoms with E-state index in [0.29, 0.717) is 39.0 Å². The number of hydrazone groups is 1. The van der Waals surface area contributed by atoms with Crippen molar-refractivity contribution in [2.24, 2.45) is 28.8 Å². The third kappa shape index (κ3) is 9.18. The summed E-state index contributed by atoms with van der Waals surface area (Å²) >= 11 is 0. The van der Waals surface area contributed by atoms with Gasteiger partial charge in [0.05, 0.1) is 53.0 Å². The number of aliphatic hydroxyl groups excluding tert-OH is 2. The molecule has 17 heteroatoms. The average Bonchev–Trinajstić information content (AvgIpc) is 3.83. The number of allylic oxidation sites excluding steroid dienone is 2. The first-order valence-electron chi connectivity index (χ1n) is 22.0. The second-order valence-electron chi connectivity index (χ2n) is 18.0. The number of ketones is 1. The van der Waals surface area contributed by atoms with Gasteiger partial charge in [-0.2, -0.15) is 5.10 Å². The maximum absolute atomic E-state index is 14.5. The molecule has 4 aliphatic heterocycles. The van der Waals surface area contributed by atoms with Crippen molar-refractivity contribution >= 4 is 40.3 Å². The first kappa shape index (κ1) is 48.3. The zero-order valence-corrected chi connectivity index (χ0v) is 38.1. The van der Waals surface area contributed by atoms with Crippen LogP contribution in [0.2, 0.25) is 0 Å². The maximum Gasteiger partial charge on any atom is 0.312 e. The molecule has 7 rings (SSSR count). The number of carbonyl (C=O) groups is 3. The fraction of sp³-hybridized carbons (Fsp3) is 0.574. The van der Waals surface area contributed by atoms with E-state index in [1.165, 1.54) is 59.4 Å². The van der Waals surface area contributed by atoms with E-state index in [2.05, 4.69) is 10.4 Å². The molecule has 0 aromatic heterocycles. The largest absolute Gasteiger partial charge is 0.507 e. The molecule has 0 spiro atoms. The van der Waals surface area contributed by atoms with Crippen molar-refractivity contribution in [1.29, 1.82) is 0 Å². The molecule has 350 valence electrons. The number of aromatic hydroxyl groups is 3. The van der Waals surface area contributed by atoms with E-state index in [1.54, 1.807) is 44.9 Å². The van der Waals surface area contributed by atoms with Gasteiger partial charge in [-0.05, 0) is 45.6 Å². The number of hydrogen-bond donors (Lipinski definition) is 7. The summed E-state index contributed by atoms with van der Waals surface area (Å²) in [7, 11) is 1.43. The molecule has 2 aromatic rings. The number of carbonyl (C=O) groups excluding carboxylic acids is 3. The summed E-state index contributed by atoms with van der Waals surface area (Å²) in [6.07, 6.45) is 8.06. The number of fused-ring (bicyclic) bond motifs is 14. The van der Waals surface area contributed by atoms with Gasteiger partial charge in [0.1, 0.15) is 29.1 Å². The molecule has 7 N–H and O–H groups in total. The minimum Gasteiger partial charge on any atom is -0.507 e. The van der Waals surface area contributed by atoms with Crippen LogP contribution < -0.4 is 10.1 Å². The summed E-state index contributed by atoms with van der Waals surface area (Å²) in [4.78, 5) is 42.8. The summed E-state index contributed by atoms with van der Waals surface area (Å²) in [5, 5.41) is 78.5. The quantitative estimate of drug-likeness (QED) is 0.0908. The van der Waals surface area contributed by atoms with E-state index in [0.717, 1.165) is 12.8 Å². The Morgan fingerprint density at radius 3 is 2.20 bits per heavy atom. The zero-order valence-electron chi connectivity index (χ0n) is 38.1. The molecular weight excluding hydrogens is 829 g/mol. The van der Waals surface area contributed by atoms with Crippen molar-refractivity contribution in [3.63, 3.8) is 0 Å². The highest BCUT2D eigenvalue weighted by Gasteiger charge is 2.50. The Kier molecular flexibility index (Phi) is 14.4. The first-order valence-corrected chi connectivity index (χ1v) is 22.0. The van der Waals surface area contributed by atoms with Crippen LogP contribution in [0.5, 0.6) is 23.0 Å². The van der Waals surface area contributed by atoms with Gasteiger partial charge in [-0.1, -0.05) is 45.9 Å². The molecule has 1 amide bonds. The Morgan fingerprint density at radius 1 is 0.922 bits per heavy atom. The lowest BCUT2D eigenvalue weighted by Gasteiger charge is -2.42. The van der Waals surface area contributed by atoms with Crippen molar-refractivity contribution in [2.75, 3.05) is 38.6 Å². The van der Waals surface area contributed by atoms with Crippen LogP contribution in [0.4, 0.5) is 5.69 Å². The fourth-order valence-corrected chi connectivity index (χ4v) is 9.50. The SMILES string of the molecule is CO[C@H]1/C=C/O[C@@]2(C)Oc3c(C)c(O)c4c(O)c(c(/C=N/N5CCN(C6(O)CCCC6)CC5)c(O)c4c3C2=O)NC(=O)/C(C)=C\C=C\[C@H](C)[C@H](O)[C@@H](C)[C@@H](O)[C@@H](C)[C@H](OC(C)=O)[C@@H]1C. The summed E-state index contributed by atoms with van der Waals surface area (Å²) in [6, 6.07) is 0. The topological polar surface area (TPSA) is 240 Å². The van der Waals surface area contributed by atoms with E-state index in [4.69, 9.17) is 18.9 Å². The van der Waals surface area contributed by atoms with Crippen LogP contribution >= 0.6 is 0 Å². The van der Waals surface area contributed by atoms with Crippen molar-refractivity contribution < 1.29 is 64.0 Å². The Balaban J connectivity index is 1.47. The van der Waals surface area contributed by atoms with Gasteiger partial charge in [-0.3, -0.25) is 24.3 Å². The number of phenols is 3. The molecule has 5 bridgehead atoms. The van der Waals surface area contributed by atoms with Crippen molar-refractivity contribution in [3.8, 4) is 23.0 Å². The van der Waals surface area contributed by atoms with Crippen LogP contribution in [0.3, 0.4) is 0 Å². The second kappa shape index (κ2) is 19.1. The first-order chi connectivity index (χ1) is 30.1. The van der Waals surface area contributed by atoms with Crippen molar-refractivity contribution in [3.05, 3.63) is 52.8 Å². The van der Waals surface area contributed by atoms with Gasteiger partial charge >= 0.3 is 11.8 Å². The molecule has 2 fully saturated rings. The van der Waals surface area contributed by atoms with E-state index < -0.39 is 94.5 Å². The number of anilines is 1. The number of ether oxygens (including phenoxy) is 4. The number of phenolic OH excluding ortho intramolecular Hbond substituents is 3. The molecule has 1 saturated heterocycles. The predicted molar refractivity (Wildman–Crippen MR) is 238 cm³/mol. The van der Waals surface area contributed by atoms with Crippen LogP contribution in [-0.4, -0.2) is 134 Å². The van der Waals surface area contributed by atoms with Crippen LogP contribution in [-0.2, 0) is 23.8 Å². The standard InChI is InChI=1S/C47H64N4O13/c1-24-13-12-14-25(2)45(59)49-36-31(23-48-51-20-18-50(19-21-51)47(60)16-10-11-17-47)40(56)33-34(41(36)57)39(55)29(6)43-35(33)44(58)46(8,64-43)62-22-15-32(61-9)26(3)42(63-30(7)52)28(5)38(54)27(4)37(24)53/h12-15,22-24,26-28,32,37-38,42,53-57,60H,10-11,16-21H2,1-9H3,(H,49,59)/b13-12+,22-15+,25-14-,48-23+/t24-,26+,27+,28+,32-,37-,38+,42+,46-/m0/s1. The third-order valence-corrected chi connectivity index (χ3v) is 13.6. The van der Waals surface area contributed by atoms with Gasteiger partial charge in [0.2, 0.25) is 0 Å². The van der Waals surface area contributed by atoms with Crippen molar-refractivity contribution in [2.45, 2.75) is 117 Å². The summed E-state index contributed by atoms with van der Waals surface area (Å²) in [6.45, 7) is 14.4. The van der Waals surface area contributed by atoms with E-state index >= 15 is 0 Å². The second-order valence-corrected chi connectivity index (χ2v) is 18.0. The Morgan fingerprint density at radius 2 is 1.58 bits per heavy atom. The summed E-state index contributed by atoms with van der Waals surface area (Å²) in [5.41, 5.74) is -1.32. The molecule has 1 aliphatic carbocycles. The fourth-order valence-electron chi connectivity index (χ4n) is 9.50. The third-order valence-electron chi connectivity index (χ3n) is 13.6. The average molecular weight is 893 g/mol. The summed E-state index contributed by atoms with van der Waals surface area (Å²) < 4.78 is 23.7. The number of rotatable bonds is 5. The van der Waals surface area contributed by atoms with Gasteiger partial charge in [0, 0.05) is 87.3 Å². The molecule has 5 aliphatic rings. The minimum absolute atomic E-state index is 0.0415. The molecule has 0 radical (unpaired) electrons. The number of aliphatic hydroxyl groups is 3. The highest BCUT2D eigenvalue weighted by Crippen LogP contribution is 2.55. The molecule has 1 saturated carbocycles. The smallest absolute Gasteiger partial charge is 0.312 e. The van der Waals surface area contributed by atoms with Crippen LogP contribution in [0, 0.1) is 30.6 Å². The number of Topliss-reactive ketones (excluding diaryl/α,β-unsaturated/α-hetero) is 1. The van der Waals surface area contributed by atoms with E-state index in [9.17, 15) is 45.0 Å². The molecular formula is C47H64N4O13. The van der Waals surface area contributed by atoms with Crippen LogP contribution in [0.1, 0.15) is 95.6 Å². The molecule has 64 heavy (non-hydrogen) atoms. The molecule has 0 unspecified atom stereocenters. The number of methoxy groups -OCH3 is 1. The molecule has 9 atom stereocenters. The number of benzene rings is 2. The van der Waals surface area contributed by atoms with Gasteiger partial charge in [0.25, 0.3) is 11.7 Å². The minimum atomic E-state index is -2.07. The van der Waals surface area contributed by atoms with Gasteiger partial charge in [-0.15, -0.1) is 0 Å². The summed E-state index contributed by atoms with van der Waals surface area (Å²) in [5.74, 6) is -8.54. The molecule has 2 aromatic carbocycles. The number of nitrogens with zero attached hydrogens (tertiary/aromatic N) is 3. The number of amides is 1. The lowest BCUT2D eigenvalue weighted by Crippen LogP contribution is -2.55. The lowest BCUT2D eigenvalue weighted by atomic mass is 9.78. The number of piperazine rings is 1. The monoisotopic (exact) mass is 892 g/mol. The number of nitrogens with one attached hydrogen (secondary N) is 1. The Bertz CT molecular complexity index is 2240. The Labute approximate surface area is 373 Å². The Hall–Kier alpha value is -5.20. The van der Waals surface area contributed by atoms with E-state index in [-0.39, 0.29) is 44.5 Å². The van der Waals surface area contributed by atoms with Gasteiger partial charge in [-0.25, -0.2) is 0 Å². The van der Waals surface area contributed by atoms with E-state index in [1.807, 2.05) is 4.90 Å². The van der Waals surface area contributed by atoms with Crippen LogP contribution in [0.15, 0.2) is 41.2 Å².